The molecule has 0 aromatic heterocycles. The second kappa shape index (κ2) is 4.40. The number of para-hydroxylation sites is 1. The highest BCUT2D eigenvalue weighted by atomic mass is 16.2. The summed E-state index contributed by atoms with van der Waals surface area (Å²) in [5, 5.41) is 5.99. The molecule has 0 heterocycles. The Kier molecular flexibility index (Phi) is 2.75. The summed E-state index contributed by atoms with van der Waals surface area (Å²) in [5.74, 6) is 1.59. The molecule has 2 aliphatic rings. The predicted molar refractivity (Wildman–Crippen MR) is 67.8 cm³/mol. The minimum absolute atomic E-state index is 0.0613. The Bertz CT molecular complexity index is 404. The van der Waals surface area contributed by atoms with E-state index in [0.717, 1.165) is 17.5 Å². The van der Waals surface area contributed by atoms with Crippen LogP contribution >= 0.6 is 0 Å². The third-order valence-corrected chi connectivity index (χ3v) is 4.09. The smallest absolute Gasteiger partial charge is 0.319 e. The van der Waals surface area contributed by atoms with Gasteiger partial charge in [-0.1, -0.05) is 24.6 Å². The molecular formula is C14H18N2O. The summed E-state index contributed by atoms with van der Waals surface area (Å²) in [4.78, 5) is 11.8. The zero-order chi connectivity index (χ0) is 11.7. The van der Waals surface area contributed by atoms with E-state index < -0.39 is 0 Å². The largest absolute Gasteiger partial charge is 0.335 e. The molecule has 0 unspecified atom stereocenters. The first-order valence-electron chi connectivity index (χ1n) is 6.44. The number of rotatable bonds is 2. The normalized spacial score (nSPS) is 30.2. The van der Waals surface area contributed by atoms with Gasteiger partial charge in [-0.2, -0.15) is 0 Å². The van der Waals surface area contributed by atoms with Crippen molar-refractivity contribution in [3.05, 3.63) is 30.3 Å². The van der Waals surface area contributed by atoms with Gasteiger partial charge in [0.1, 0.15) is 0 Å². The zero-order valence-electron chi connectivity index (χ0n) is 9.86. The molecule has 1 aromatic rings. The molecule has 1 aromatic carbocycles. The van der Waals surface area contributed by atoms with E-state index in [-0.39, 0.29) is 6.03 Å². The van der Waals surface area contributed by atoms with E-state index >= 15 is 0 Å². The molecule has 0 saturated heterocycles. The fraction of sp³-hybridized carbons (Fsp3) is 0.500. The highest BCUT2D eigenvalue weighted by Gasteiger charge is 2.40. The van der Waals surface area contributed by atoms with Crippen LogP contribution in [0.25, 0.3) is 0 Å². The lowest BCUT2D eigenvalue weighted by Gasteiger charge is -2.22. The van der Waals surface area contributed by atoms with Gasteiger partial charge in [-0.3, -0.25) is 0 Å². The van der Waals surface area contributed by atoms with Gasteiger partial charge in [0.05, 0.1) is 0 Å². The van der Waals surface area contributed by atoms with Crippen LogP contribution in [0.3, 0.4) is 0 Å². The zero-order valence-corrected chi connectivity index (χ0v) is 9.86. The van der Waals surface area contributed by atoms with Gasteiger partial charge in [-0.25, -0.2) is 4.79 Å². The number of benzene rings is 1. The Balaban J connectivity index is 1.54. The first kappa shape index (κ1) is 10.6. The van der Waals surface area contributed by atoms with E-state index in [2.05, 4.69) is 10.6 Å². The minimum atomic E-state index is -0.0613. The Hall–Kier alpha value is -1.51. The third kappa shape index (κ3) is 2.28. The highest BCUT2D eigenvalue weighted by molar-refractivity contribution is 5.89. The van der Waals surface area contributed by atoms with Crippen molar-refractivity contribution >= 4 is 11.7 Å². The number of hydrogen-bond acceptors (Lipinski definition) is 1. The van der Waals surface area contributed by atoms with E-state index in [0.29, 0.717) is 6.04 Å². The van der Waals surface area contributed by atoms with Gasteiger partial charge in [-0.15, -0.1) is 0 Å². The summed E-state index contributed by atoms with van der Waals surface area (Å²) in [6.45, 7) is 0. The number of amides is 2. The van der Waals surface area contributed by atoms with Crippen molar-refractivity contribution in [1.82, 2.24) is 5.32 Å². The molecule has 3 atom stereocenters. The number of urea groups is 1. The van der Waals surface area contributed by atoms with Crippen molar-refractivity contribution in [2.24, 2.45) is 11.8 Å². The molecule has 2 amide bonds. The van der Waals surface area contributed by atoms with Crippen molar-refractivity contribution in [1.29, 1.82) is 0 Å². The average Bonchev–Trinajstić information content (AvgIpc) is 2.92. The van der Waals surface area contributed by atoms with E-state index in [1.165, 1.54) is 25.7 Å². The molecule has 0 radical (unpaired) electrons. The van der Waals surface area contributed by atoms with Crippen LogP contribution in [0.1, 0.15) is 25.7 Å². The Morgan fingerprint density at radius 1 is 1.12 bits per heavy atom. The molecule has 3 nitrogen and oxygen atoms in total. The van der Waals surface area contributed by atoms with Crippen LogP contribution in [0.15, 0.2) is 30.3 Å². The maximum absolute atomic E-state index is 11.8. The van der Waals surface area contributed by atoms with Crippen LogP contribution in [0.4, 0.5) is 10.5 Å². The molecule has 17 heavy (non-hydrogen) atoms. The van der Waals surface area contributed by atoms with Gasteiger partial charge >= 0.3 is 6.03 Å². The summed E-state index contributed by atoms with van der Waals surface area (Å²) in [7, 11) is 0. The molecule has 0 aliphatic heterocycles. The van der Waals surface area contributed by atoms with Crippen molar-refractivity contribution in [2.75, 3.05) is 5.32 Å². The maximum atomic E-state index is 11.8. The van der Waals surface area contributed by atoms with Gasteiger partial charge in [-0.05, 0) is 43.2 Å². The maximum Gasteiger partial charge on any atom is 0.319 e. The molecule has 2 bridgehead atoms. The number of hydrogen-bond donors (Lipinski definition) is 2. The predicted octanol–water partition coefficient (Wildman–Crippen LogP) is 3.00. The Labute approximate surface area is 102 Å². The van der Waals surface area contributed by atoms with Crippen molar-refractivity contribution < 1.29 is 4.79 Å². The van der Waals surface area contributed by atoms with Crippen LogP contribution in [0.2, 0.25) is 0 Å². The van der Waals surface area contributed by atoms with Crippen LogP contribution in [0, 0.1) is 11.8 Å². The van der Waals surface area contributed by atoms with Crippen molar-refractivity contribution in [3.8, 4) is 0 Å². The minimum Gasteiger partial charge on any atom is -0.335 e. The molecule has 2 aliphatic carbocycles. The average molecular weight is 230 g/mol. The van der Waals surface area contributed by atoms with E-state index in [9.17, 15) is 4.79 Å². The molecule has 90 valence electrons. The van der Waals surface area contributed by atoms with Gasteiger partial charge in [0, 0.05) is 11.7 Å². The molecule has 3 heteroatoms. The lowest BCUT2D eigenvalue weighted by Crippen LogP contribution is -2.40. The molecule has 0 spiro atoms. The number of fused-ring (bicyclic) bond motifs is 2. The Morgan fingerprint density at radius 3 is 2.59 bits per heavy atom. The van der Waals surface area contributed by atoms with Gasteiger partial charge in [0.15, 0.2) is 0 Å². The van der Waals surface area contributed by atoms with Crippen LogP contribution in [-0.4, -0.2) is 12.1 Å². The summed E-state index contributed by atoms with van der Waals surface area (Å²) in [6.07, 6.45) is 5.15. The highest BCUT2D eigenvalue weighted by Crippen LogP contribution is 2.44. The number of anilines is 1. The molecular weight excluding hydrogens is 212 g/mol. The SMILES string of the molecule is O=C(Nc1ccccc1)N[C@H]1C[C@H]2CC[C@H]1C2. The number of carbonyl (C=O) groups excluding carboxylic acids is 1. The third-order valence-electron chi connectivity index (χ3n) is 4.09. The fourth-order valence-electron chi connectivity index (χ4n) is 3.28. The fourth-order valence-corrected chi connectivity index (χ4v) is 3.28. The second-order valence-electron chi connectivity index (χ2n) is 5.25. The molecule has 2 saturated carbocycles. The van der Waals surface area contributed by atoms with E-state index in [4.69, 9.17) is 0 Å². The monoisotopic (exact) mass is 230 g/mol. The standard InChI is InChI=1S/C14H18N2O/c17-14(15-12-4-2-1-3-5-12)16-13-9-10-6-7-11(13)8-10/h1-5,10-11,13H,6-9H2,(H2,15,16,17)/t10-,11-,13-/m0/s1. The lowest BCUT2D eigenvalue weighted by molar-refractivity contribution is 0.242. The van der Waals surface area contributed by atoms with Crippen molar-refractivity contribution in [2.45, 2.75) is 31.7 Å². The first-order chi connectivity index (χ1) is 8.31. The number of carbonyl (C=O) groups is 1. The summed E-state index contributed by atoms with van der Waals surface area (Å²) >= 11 is 0. The van der Waals surface area contributed by atoms with Crippen LogP contribution < -0.4 is 10.6 Å². The van der Waals surface area contributed by atoms with E-state index in [1.54, 1.807) is 0 Å². The van der Waals surface area contributed by atoms with Crippen molar-refractivity contribution in [3.63, 3.8) is 0 Å². The molecule has 2 fully saturated rings. The molecule has 2 N–H and O–H groups in total. The summed E-state index contributed by atoms with van der Waals surface area (Å²) < 4.78 is 0. The van der Waals surface area contributed by atoms with Gasteiger partial charge in [0.25, 0.3) is 0 Å². The quantitative estimate of drug-likeness (QED) is 0.805. The van der Waals surface area contributed by atoms with Gasteiger partial charge < -0.3 is 10.6 Å². The summed E-state index contributed by atoms with van der Waals surface area (Å²) in [6, 6.07) is 9.94. The first-order valence-corrected chi connectivity index (χ1v) is 6.44. The van der Waals surface area contributed by atoms with Crippen LogP contribution in [-0.2, 0) is 0 Å². The summed E-state index contributed by atoms with van der Waals surface area (Å²) in [5.41, 5.74) is 0.855. The van der Waals surface area contributed by atoms with Crippen LogP contribution in [0.5, 0.6) is 0 Å². The lowest BCUT2D eigenvalue weighted by atomic mass is 9.95. The van der Waals surface area contributed by atoms with E-state index in [1.807, 2.05) is 30.3 Å². The second-order valence-corrected chi connectivity index (χ2v) is 5.25. The van der Waals surface area contributed by atoms with Gasteiger partial charge in [0.2, 0.25) is 0 Å². The topological polar surface area (TPSA) is 41.1 Å². The molecule has 3 rings (SSSR count). The Morgan fingerprint density at radius 2 is 1.94 bits per heavy atom. The number of nitrogens with one attached hydrogen (secondary N) is 2.